The highest BCUT2D eigenvalue weighted by molar-refractivity contribution is 14.0. The highest BCUT2D eigenvalue weighted by atomic mass is 127. The molecule has 2 aromatic rings. The van der Waals surface area contributed by atoms with E-state index in [2.05, 4.69) is 49.0 Å². The van der Waals surface area contributed by atoms with Gasteiger partial charge in [-0.2, -0.15) is 0 Å². The summed E-state index contributed by atoms with van der Waals surface area (Å²) in [6.45, 7) is 4.20. The van der Waals surface area contributed by atoms with Crippen LogP contribution in [0.25, 0.3) is 0 Å². The molecular weight excluding hydrogens is 519 g/mol. The zero-order valence-electron chi connectivity index (χ0n) is 15.6. The van der Waals surface area contributed by atoms with Crippen LogP contribution in [-0.4, -0.2) is 32.0 Å². The second-order valence-electron chi connectivity index (χ2n) is 5.78. The number of carbonyl (C=O) groups is 1. The van der Waals surface area contributed by atoms with E-state index >= 15 is 0 Å². The average molecular weight is 545 g/mol. The van der Waals surface area contributed by atoms with Crippen LogP contribution in [0, 0.1) is 0 Å². The number of guanidine groups is 1. The Morgan fingerprint density at radius 3 is 2.52 bits per heavy atom. The van der Waals surface area contributed by atoms with Crippen molar-refractivity contribution in [2.75, 3.05) is 20.1 Å². The average Bonchev–Trinajstić information content (AvgIpc) is 2.66. The van der Waals surface area contributed by atoms with Crippen LogP contribution in [0.4, 0.5) is 0 Å². The fourth-order valence-corrected chi connectivity index (χ4v) is 2.93. The van der Waals surface area contributed by atoms with Crippen LogP contribution < -0.4 is 16.0 Å². The predicted molar refractivity (Wildman–Crippen MR) is 126 cm³/mol. The summed E-state index contributed by atoms with van der Waals surface area (Å²) in [5.74, 6) is 0.721. The number of hydrogen-bond donors (Lipinski definition) is 3. The van der Waals surface area contributed by atoms with Crippen LogP contribution in [0.3, 0.4) is 0 Å². The van der Waals surface area contributed by atoms with Gasteiger partial charge in [0.1, 0.15) is 0 Å². The summed E-state index contributed by atoms with van der Waals surface area (Å²) in [6.07, 6.45) is 0.812. The monoisotopic (exact) mass is 544 g/mol. The van der Waals surface area contributed by atoms with Crippen molar-refractivity contribution in [3.05, 3.63) is 69.7 Å². The molecule has 0 spiro atoms. The lowest BCUT2D eigenvalue weighted by atomic mass is 10.1. The number of amides is 1. The maximum absolute atomic E-state index is 11.7. The minimum Gasteiger partial charge on any atom is -0.357 e. The van der Waals surface area contributed by atoms with Crippen LogP contribution in [0.1, 0.15) is 28.4 Å². The first kappa shape index (κ1) is 23.4. The lowest BCUT2D eigenvalue weighted by Gasteiger charge is -2.12. The Balaban J connectivity index is 0.00000364. The normalized spacial score (nSPS) is 10.7. The molecule has 0 aromatic heterocycles. The molecule has 0 fully saturated rings. The molecule has 1 amide bonds. The van der Waals surface area contributed by atoms with E-state index in [4.69, 9.17) is 0 Å². The van der Waals surface area contributed by atoms with Crippen LogP contribution in [0.15, 0.2) is 58.0 Å². The van der Waals surface area contributed by atoms with E-state index < -0.39 is 0 Å². The van der Waals surface area contributed by atoms with Crippen molar-refractivity contribution in [1.29, 1.82) is 0 Å². The number of halogens is 2. The van der Waals surface area contributed by atoms with E-state index in [0.29, 0.717) is 12.1 Å². The van der Waals surface area contributed by atoms with Gasteiger partial charge in [-0.15, -0.1) is 24.0 Å². The summed E-state index contributed by atoms with van der Waals surface area (Å²) in [5, 5.41) is 9.25. The molecule has 0 aliphatic rings. The quantitative estimate of drug-likeness (QED) is 0.283. The van der Waals surface area contributed by atoms with Gasteiger partial charge in [0.15, 0.2) is 5.96 Å². The fourth-order valence-electron chi connectivity index (χ4n) is 2.49. The molecule has 0 unspecified atom stereocenters. The van der Waals surface area contributed by atoms with E-state index in [1.54, 1.807) is 7.05 Å². The Labute approximate surface area is 186 Å². The standard InChI is InChI=1S/C20H25BrN4O.HI/c1-3-23-20(25-14-16-7-5-9-18(21)13-16)24-11-10-15-6-4-8-17(12-15)19(26)22-2;/h4-9,12-13H,3,10-11,14H2,1-2H3,(H,22,26)(H2,23,24,25);1H. The fraction of sp³-hybridized carbons (Fsp3) is 0.300. The molecule has 146 valence electrons. The van der Waals surface area contributed by atoms with Gasteiger partial charge in [-0.1, -0.05) is 40.2 Å². The van der Waals surface area contributed by atoms with Gasteiger partial charge in [0.2, 0.25) is 0 Å². The minimum atomic E-state index is -0.0660. The molecule has 0 aliphatic heterocycles. The first-order chi connectivity index (χ1) is 12.6. The number of nitrogens with zero attached hydrogens (tertiary/aromatic N) is 1. The Bertz CT molecular complexity index is 767. The van der Waals surface area contributed by atoms with Crippen molar-refractivity contribution < 1.29 is 4.79 Å². The van der Waals surface area contributed by atoms with E-state index in [1.165, 1.54) is 0 Å². The summed E-state index contributed by atoms with van der Waals surface area (Å²) in [5.41, 5.74) is 2.94. The SMILES string of the molecule is CCNC(=NCc1cccc(Br)c1)NCCc1cccc(C(=O)NC)c1.I. The summed E-state index contributed by atoms with van der Waals surface area (Å²) in [4.78, 5) is 16.3. The number of carbonyl (C=O) groups excluding carboxylic acids is 1. The largest absolute Gasteiger partial charge is 0.357 e. The molecule has 7 heteroatoms. The number of rotatable bonds is 7. The Hall–Kier alpha value is -1.61. The molecule has 0 radical (unpaired) electrons. The van der Waals surface area contributed by atoms with Crippen LogP contribution >= 0.6 is 39.9 Å². The third kappa shape index (κ3) is 8.30. The topological polar surface area (TPSA) is 65.5 Å². The zero-order valence-corrected chi connectivity index (χ0v) is 19.5. The smallest absolute Gasteiger partial charge is 0.251 e. The summed E-state index contributed by atoms with van der Waals surface area (Å²) in [6, 6.07) is 15.8. The van der Waals surface area contributed by atoms with Gasteiger partial charge < -0.3 is 16.0 Å². The maximum atomic E-state index is 11.7. The lowest BCUT2D eigenvalue weighted by Crippen LogP contribution is -2.38. The number of nitrogens with one attached hydrogen (secondary N) is 3. The van der Waals surface area contributed by atoms with E-state index in [9.17, 15) is 4.79 Å². The predicted octanol–water partition coefficient (Wildman–Crippen LogP) is 3.72. The highest BCUT2D eigenvalue weighted by Gasteiger charge is 2.04. The summed E-state index contributed by atoms with van der Waals surface area (Å²) < 4.78 is 1.05. The van der Waals surface area contributed by atoms with Gasteiger partial charge in [-0.05, 0) is 48.7 Å². The molecule has 5 nitrogen and oxygen atoms in total. The van der Waals surface area contributed by atoms with Crippen molar-refractivity contribution in [3.8, 4) is 0 Å². The van der Waals surface area contributed by atoms with Crippen molar-refractivity contribution in [1.82, 2.24) is 16.0 Å². The molecule has 0 heterocycles. The Morgan fingerprint density at radius 1 is 1.07 bits per heavy atom. The van der Waals surface area contributed by atoms with E-state index in [1.807, 2.05) is 43.3 Å². The highest BCUT2D eigenvalue weighted by Crippen LogP contribution is 2.12. The first-order valence-corrected chi connectivity index (χ1v) is 9.49. The third-order valence-electron chi connectivity index (χ3n) is 3.78. The molecule has 0 saturated heterocycles. The van der Waals surface area contributed by atoms with Crippen LogP contribution in [0.2, 0.25) is 0 Å². The number of benzene rings is 2. The van der Waals surface area contributed by atoms with Gasteiger partial charge in [0, 0.05) is 30.2 Å². The van der Waals surface area contributed by atoms with E-state index in [0.717, 1.165) is 41.1 Å². The molecule has 2 rings (SSSR count). The summed E-state index contributed by atoms with van der Waals surface area (Å²) in [7, 11) is 1.64. The van der Waals surface area contributed by atoms with E-state index in [-0.39, 0.29) is 29.9 Å². The van der Waals surface area contributed by atoms with Crippen molar-refractivity contribution in [2.45, 2.75) is 19.9 Å². The second-order valence-corrected chi connectivity index (χ2v) is 6.70. The lowest BCUT2D eigenvalue weighted by molar-refractivity contribution is 0.0963. The maximum Gasteiger partial charge on any atom is 0.251 e. The molecular formula is C20H26BrIN4O. The van der Waals surface area contributed by atoms with Gasteiger partial charge >= 0.3 is 0 Å². The van der Waals surface area contributed by atoms with Gasteiger partial charge in [0.25, 0.3) is 5.91 Å². The van der Waals surface area contributed by atoms with Crippen LogP contribution in [-0.2, 0) is 13.0 Å². The molecule has 2 aromatic carbocycles. The third-order valence-corrected chi connectivity index (χ3v) is 4.27. The van der Waals surface area contributed by atoms with Crippen molar-refractivity contribution in [3.63, 3.8) is 0 Å². The first-order valence-electron chi connectivity index (χ1n) is 8.70. The molecule has 0 aliphatic carbocycles. The van der Waals surface area contributed by atoms with Crippen molar-refractivity contribution in [2.24, 2.45) is 4.99 Å². The number of hydrogen-bond acceptors (Lipinski definition) is 2. The summed E-state index contributed by atoms with van der Waals surface area (Å²) >= 11 is 3.48. The molecule has 0 atom stereocenters. The van der Waals surface area contributed by atoms with Crippen LogP contribution in [0.5, 0.6) is 0 Å². The van der Waals surface area contributed by atoms with Gasteiger partial charge in [-0.25, -0.2) is 4.99 Å². The number of aliphatic imine (C=N–C) groups is 1. The Kier molecular flexibility index (Phi) is 11.0. The zero-order chi connectivity index (χ0) is 18.8. The molecule has 0 bridgehead atoms. The van der Waals surface area contributed by atoms with Gasteiger partial charge in [0.05, 0.1) is 6.54 Å². The molecule has 27 heavy (non-hydrogen) atoms. The molecule has 3 N–H and O–H groups in total. The second kappa shape index (κ2) is 12.7. The molecule has 0 saturated carbocycles. The van der Waals surface area contributed by atoms with Gasteiger partial charge in [-0.3, -0.25) is 4.79 Å². The van der Waals surface area contributed by atoms with Crippen molar-refractivity contribution >= 4 is 51.8 Å². The Morgan fingerprint density at radius 2 is 1.81 bits per heavy atom. The minimum absolute atomic E-state index is 0.